The number of aromatic nitrogens is 4. The molecule has 1 aliphatic carbocycles. The van der Waals surface area contributed by atoms with Crippen LogP contribution in [0.4, 0.5) is 5.69 Å². The fraction of sp³-hybridized carbons (Fsp3) is 0.400. The van der Waals surface area contributed by atoms with Crippen LogP contribution in [0, 0.1) is 6.92 Å². The molecular formula is C20H22BrN5O2S. The van der Waals surface area contributed by atoms with Gasteiger partial charge in [-0.1, -0.05) is 37.1 Å². The third-order valence-corrected chi connectivity index (χ3v) is 6.96. The Morgan fingerprint density at radius 3 is 2.86 bits per heavy atom. The van der Waals surface area contributed by atoms with E-state index in [1.165, 1.54) is 28.3 Å². The normalized spacial score (nSPS) is 15.0. The highest BCUT2D eigenvalue weighted by Gasteiger charge is 2.20. The quantitative estimate of drug-likeness (QED) is 0.602. The molecule has 7 nitrogen and oxygen atoms in total. The number of benzene rings is 1. The van der Waals surface area contributed by atoms with Crippen LogP contribution in [-0.4, -0.2) is 30.3 Å². The van der Waals surface area contributed by atoms with Crippen molar-refractivity contribution in [3.05, 3.63) is 51.1 Å². The van der Waals surface area contributed by atoms with Crippen LogP contribution in [0.1, 0.15) is 37.7 Å². The van der Waals surface area contributed by atoms with Gasteiger partial charge >= 0.3 is 5.69 Å². The standard InChI is InChI=1S/C20H22BrN5O2S/c1-13-7-8-16(15(21)11-13)23-17(27)12-26-20(28)25-10-9-22-19(18(25)24-26)29-14-5-3-2-4-6-14/h7-11,14H,2-6,12H2,1H3,(H,23,27). The van der Waals surface area contributed by atoms with E-state index in [4.69, 9.17) is 0 Å². The van der Waals surface area contributed by atoms with Gasteiger partial charge < -0.3 is 5.32 Å². The number of amides is 1. The zero-order valence-electron chi connectivity index (χ0n) is 16.1. The second kappa shape index (κ2) is 8.71. The van der Waals surface area contributed by atoms with Crippen molar-refractivity contribution >= 4 is 44.9 Å². The molecule has 9 heteroatoms. The molecule has 1 aliphatic rings. The lowest BCUT2D eigenvalue weighted by molar-refractivity contribution is -0.117. The molecule has 152 valence electrons. The highest BCUT2D eigenvalue weighted by Crippen LogP contribution is 2.33. The average Bonchev–Trinajstić information content (AvgIpc) is 3.02. The number of nitrogens with zero attached hydrogens (tertiary/aromatic N) is 4. The summed E-state index contributed by atoms with van der Waals surface area (Å²) < 4.78 is 3.45. The monoisotopic (exact) mass is 475 g/mol. The predicted molar refractivity (Wildman–Crippen MR) is 117 cm³/mol. The maximum atomic E-state index is 12.7. The third kappa shape index (κ3) is 4.56. The number of anilines is 1. The van der Waals surface area contributed by atoms with Crippen LogP contribution in [0.5, 0.6) is 0 Å². The molecule has 0 atom stereocenters. The number of fused-ring (bicyclic) bond motifs is 1. The minimum Gasteiger partial charge on any atom is -0.323 e. The summed E-state index contributed by atoms with van der Waals surface area (Å²) in [6, 6.07) is 5.66. The van der Waals surface area contributed by atoms with Crippen LogP contribution >= 0.6 is 27.7 Å². The van der Waals surface area contributed by atoms with E-state index in [1.54, 1.807) is 24.2 Å². The van der Waals surface area contributed by atoms with Gasteiger partial charge in [0.15, 0.2) is 5.65 Å². The highest BCUT2D eigenvalue weighted by atomic mass is 79.9. The van der Waals surface area contributed by atoms with Crippen molar-refractivity contribution < 1.29 is 4.79 Å². The molecule has 2 heterocycles. The summed E-state index contributed by atoms with van der Waals surface area (Å²) in [4.78, 5) is 29.6. The molecule has 1 amide bonds. The maximum absolute atomic E-state index is 12.7. The van der Waals surface area contributed by atoms with Crippen molar-refractivity contribution in [2.45, 2.75) is 55.8 Å². The molecule has 0 unspecified atom stereocenters. The van der Waals surface area contributed by atoms with E-state index >= 15 is 0 Å². The van der Waals surface area contributed by atoms with E-state index in [9.17, 15) is 9.59 Å². The summed E-state index contributed by atoms with van der Waals surface area (Å²) in [5, 5.41) is 8.48. The smallest absolute Gasteiger partial charge is 0.323 e. The molecule has 1 aromatic carbocycles. The Morgan fingerprint density at radius 2 is 2.10 bits per heavy atom. The Morgan fingerprint density at radius 1 is 1.31 bits per heavy atom. The van der Waals surface area contributed by atoms with E-state index in [0.717, 1.165) is 27.9 Å². The van der Waals surface area contributed by atoms with Gasteiger partial charge in [-0.3, -0.25) is 4.79 Å². The lowest BCUT2D eigenvalue weighted by atomic mass is 10.0. The zero-order chi connectivity index (χ0) is 20.4. The predicted octanol–water partition coefficient (Wildman–Crippen LogP) is 4.03. The minimum absolute atomic E-state index is 0.158. The number of rotatable bonds is 5. The number of thioether (sulfide) groups is 1. The van der Waals surface area contributed by atoms with Gasteiger partial charge in [0, 0.05) is 22.1 Å². The zero-order valence-corrected chi connectivity index (χ0v) is 18.5. The Bertz CT molecular complexity index is 1100. The number of aryl methyl sites for hydroxylation is 1. The molecule has 2 aromatic heterocycles. The van der Waals surface area contributed by atoms with E-state index in [1.807, 2.05) is 25.1 Å². The molecule has 29 heavy (non-hydrogen) atoms. The van der Waals surface area contributed by atoms with Gasteiger partial charge in [-0.25, -0.2) is 18.9 Å². The Hall–Kier alpha value is -2.13. The van der Waals surface area contributed by atoms with Gasteiger partial charge in [-0.2, -0.15) is 0 Å². The van der Waals surface area contributed by atoms with Gasteiger partial charge in [0.05, 0.1) is 5.69 Å². The van der Waals surface area contributed by atoms with Gasteiger partial charge in [-0.05, 0) is 53.4 Å². The number of hydrogen-bond acceptors (Lipinski definition) is 5. The molecule has 0 spiro atoms. The first kappa shape index (κ1) is 20.2. The molecular weight excluding hydrogens is 454 g/mol. The Balaban J connectivity index is 1.54. The molecule has 4 rings (SSSR count). The van der Waals surface area contributed by atoms with Gasteiger partial charge in [0.2, 0.25) is 5.91 Å². The van der Waals surface area contributed by atoms with Crippen molar-refractivity contribution in [3.8, 4) is 0 Å². The largest absolute Gasteiger partial charge is 0.350 e. The maximum Gasteiger partial charge on any atom is 0.350 e. The minimum atomic E-state index is -0.342. The van der Waals surface area contributed by atoms with Crippen LogP contribution in [0.3, 0.4) is 0 Å². The summed E-state index contributed by atoms with van der Waals surface area (Å²) in [7, 11) is 0. The van der Waals surface area contributed by atoms with Crippen molar-refractivity contribution in [2.24, 2.45) is 0 Å². The lowest BCUT2D eigenvalue weighted by Gasteiger charge is -2.20. The number of carbonyl (C=O) groups is 1. The lowest BCUT2D eigenvalue weighted by Crippen LogP contribution is -2.28. The fourth-order valence-electron chi connectivity index (χ4n) is 3.50. The molecule has 0 bridgehead atoms. The second-order valence-corrected chi connectivity index (χ2v) is 9.42. The van der Waals surface area contributed by atoms with Gasteiger partial charge in [0.1, 0.15) is 11.6 Å². The van der Waals surface area contributed by atoms with Crippen molar-refractivity contribution in [2.75, 3.05) is 5.32 Å². The van der Waals surface area contributed by atoms with Gasteiger partial charge in [-0.15, -0.1) is 5.10 Å². The summed E-state index contributed by atoms with van der Waals surface area (Å²) in [5.41, 5.74) is 1.91. The third-order valence-electron chi connectivity index (χ3n) is 4.99. The van der Waals surface area contributed by atoms with Crippen molar-refractivity contribution in [3.63, 3.8) is 0 Å². The topological polar surface area (TPSA) is 81.3 Å². The fourth-order valence-corrected chi connectivity index (χ4v) is 5.34. The Labute approximate surface area is 181 Å². The van der Waals surface area contributed by atoms with Crippen LogP contribution in [0.2, 0.25) is 0 Å². The Kier molecular flexibility index (Phi) is 6.05. The van der Waals surface area contributed by atoms with Crippen LogP contribution < -0.4 is 11.0 Å². The van der Waals surface area contributed by atoms with Crippen LogP contribution in [0.15, 0.2) is 44.9 Å². The summed E-state index contributed by atoms with van der Waals surface area (Å²) in [5.74, 6) is -0.311. The number of nitrogens with one attached hydrogen (secondary N) is 1. The van der Waals surface area contributed by atoms with E-state index in [0.29, 0.717) is 16.6 Å². The SMILES string of the molecule is Cc1ccc(NC(=O)Cn2nc3c(SC4CCCCC4)nccn3c2=O)c(Br)c1. The van der Waals surface area contributed by atoms with Crippen molar-refractivity contribution in [1.82, 2.24) is 19.2 Å². The summed E-state index contributed by atoms with van der Waals surface area (Å²) >= 11 is 5.13. The summed E-state index contributed by atoms with van der Waals surface area (Å²) in [6.07, 6.45) is 9.29. The molecule has 0 aliphatic heterocycles. The number of hydrogen-bond donors (Lipinski definition) is 1. The van der Waals surface area contributed by atoms with Gasteiger partial charge in [0.25, 0.3) is 0 Å². The molecule has 1 fully saturated rings. The van der Waals surface area contributed by atoms with Crippen molar-refractivity contribution in [1.29, 1.82) is 0 Å². The molecule has 3 aromatic rings. The molecule has 0 saturated heterocycles. The molecule has 0 radical (unpaired) electrons. The van der Waals surface area contributed by atoms with E-state index < -0.39 is 0 Å². The van der Waals surface area contributed by atoms with E-state index in [-0.39, 0.29) is 18.1 Å². The second-order valence-electron chi connectivity index (χ2n) is 7.28. The average molecular weight is 476 g/mol. The van der Waals surface area contributed by atoms with Crippen LogP contribution in [-0.2, 0) is 11.3 Å². The molecule has 1 saturated carbocycles. The number of halogens is 1. The molecule has 1 N–H and O–H groups in total. The van der Waals surface area contributed by atoms with Crippen LogP contribution in [0.25, 0.3) is 5.65 Å². The van der Waals surface area contributed by atoms with E-state index in [2.05, 4.69) is 31.3 Å². The summed E-state index contributed by atoms with van der Waals surface area (Å²) in [6.45, 7) is 1.82. The first-order valence-corrected chi connectivity index (χ1v) is 11.4. The first-order valence-electron chi connectivity index (χ1n) is 9.68. The highest BCUT2D eigenvalue weighted by molar-refractivity contribution is 9.10. The first-order chi connectivity index (χ1) is 14.0. The number of carbonyl (C=O) groups excluding carboxylic acids is 1.